The average Bonchev–Trinajstić information content (AvgIpc) is 2.69. The number of hydrogen-bond acceptors (Lipinski definition) is 2. The molecule has 0 aromatic heterocycles. The molecule has 64 valence electrons. The molecule has 3 nitrogen and oxygen atoms in total. The average molecular weight is 162 g/mol. The van der Waals surface area contributed by atoms with Crippen molar-refractivity contribution in [3.05, 3.63) is 0 Å². The molecule has 4 heteroatoms. The zero-order valence-electron chi connectivity index (χ0n) is 6.09. The minimum Gasteiger partial charge on any atom is -0.479 e. The van der Waals surface area contributed by atoms with Gasteiger partial charge in [0.15, 0.2) is 6.10 Å². The Labute approximate surface area is 63.8 Å². The van der Waals surface area contributed by atoms with E-state index in [1.165, 1.54) is 0 Å². The third-order valence-electron chi connectivity index (χ3n) is 2.30. The Morgan fingerprint density at radius 1 is 1.64 bits per heavy atom. The van der Waals surface area contributed by atoms with E-state index in [1.807, 2.05) is 0 Å². The number of rotatable bonds is 4. The Kier molecular flexibility index (Phi) is 2.13. The largest absolute Gasteiger partial charge is 0.479 e. The van der Waals surface area contributed by atoms with Gasteiger partial charge in [0.1, 0.15) is 0 Å². The second kappa shape index (κ2) is 2.77. The van der Waals surface area contributed by atoms with Crippen molar-refractivity contribution in [1.82, 2.24) is 0 Å². The third kappa shape index (κ3) is 1.50. The lowest BCUT2D eigenvalue weighted by Crippen LogP contribution is -2.31. The van der Waals surface area contributed by atoms with Crippen LogP contribution in [-0.4, -0.2) is 29.0 Å². The van der Waals surface area contributed by atoms with Crippen LogP contribution in [0.25, 0.3) is 0 Å². The predicted molar refractivity (Wildman–Crippen MR) is 35.9 cm³/mol. The molecule has 0 saturated heterocycles. The van der Waals surface area contributed by atoms with Crippen molar-refractivity contribution >= 4 is 5.97 Å². The molecule has 1 saturated carbocycles. The van der Waals surface area contributed by atoms with Crippen LogP contribution in [0, 0.1) is 5.41 Å². The monoisotopic (exact) mass is 162 g/mol. The van der Waals surface area contributed by atoms with E-state index in [-0.39, 0.29) is 6.42 Å². The van der Waals surface area contributed by atoms with Gasteiger partial charge in [0.2, 0.25) is 0 Å². The van der Waals surface area contributed by atoms with Crippen LogP contribution >= 0.6 is 0 Å². The maximum Gasteiger partial charge on any atom is 0.333 e. The highest BCUT2D eigenvalue weighted by Gasteiger charge is 2.51. The quantitative estimate of drug-likeness (QED) is 0.635. The molecule has 0 aromatic rings. The van der Waals surface area contributed by atoms with E-state index < -0.39 is 24.2 Å². The van der Waals surface area contributed by atoms with Crippen molar-refractivity contribution in [3.63, 3.8) is 0 Å². The first-order chi connectivity index (χ1) is 5.12. The van der Waals surface area contributed by atoms with Gasteiger partial charge in [-0.25, -0.2) is 4.79 Å². The molecule has 2 N–H and O–H groups in total. The lowest BCUT2D eigenvalue weighted by molar-refractivity contribution is -0.150. The number of carbonyl (C=O) groups is 1. The normalized spacial score (nSPS) is 22.7. The van der Waals surface area contributed by atoms with Crippen LogP contribution < -0.4 is 0 Å². The molecule has 11 heavy (non-hydrogen) atoms. The SMILES string of the molecule is O=C(O)C(O)C1(CCF)CC1. The van der Waals surface area contributed by atoms with Crippen LogP contribution in [-0.2, 0) is 4.79 Å². The standard InChI is InChI=1S/C7H11FO3/c8-4-3-7(1-2-7)5(9)6(10)11/h5,9H,1-4H2,(H,10,11). The predicted octanol–water partition coefficient (Wildman–Crippen LogP) is 0.572. The van der Waals surface area contributed by atoms with E-state index in [0.29, 0.717) is 12.8 Å². The van der Waals surface area contributed by atoms with E-state index in [2.05, 4.69) is 0 Å². The molecular weight excluding hydrogens is 151 g/mol. The van der Waals surface area contributed by atoms with Crippen molar-refractivity contribution < 1.29 is 19.4 Å². The van der Waals surface area contributed by atoms with Gasteiger partial charge in [-0.15, -0.1) is 0 Å². The number of aliphatic hydroxyl groups is 1. The number of aliphatic carboxylic acids is 1. The van der Waals surface area contributed by atoms with E-state index >= 15 is 0 Å². The summed E-state index contributed by atoms with van der Waals surface area (Å²) in [5.74, 6) is -1.24. The van der Waals surface area contributed by atoms with Crippen molar-refractivity contribution in [2.45, 2.75) is 25.4 Å². The Morgan fingerprint density at radius 3 is 2.45 bits per heavy atom. The molecule has 1 atom stereocenters. The first-order valence-electron chi connectivity index (χ1n) is 3.59. The van der Waals surface area contributed by atoms with E-state index in [1.54, 1.807) is 0 Å². The van der Waals surface area contributed by atoms with Gasteiger partial charge in [0, 0.05) is 5.41 Å². The van der Waals surface area contributed by atoms with Crippen molar-refractivity contribution in [1.29, 1.82) is 0 Å². The fraction of sp³-hybridized carbons (Fsp3) is 0.857. The summed E-state index contributed by atoms with van der Waals surface area (Å²) in [6.07, 6.45) is 0.0492. The highest BCUT2D eigenvalue weighted by atomic mass is 19.1. The summed E-state index contributed by atoms with van der Waals surface area (Å²) in [4.78, 5) is 10.3. The van der Waals surface area contributed by atoms with E-state index in [0.717, 1.165) is 0 Å². The summed E-state index contributed by atoms with van der Waals surface area (Å²) in [7, 11) is 0. The summed E-state index contributed by atoms with van der Waals surface area (Å²) in [5, 5.41) is 17.5. The molecule has 0 radical (unpaired) electrons. The maximum atomic E-state index is 11.8. The molecule has 0 aliphatic heterocycles. The number of alkyl halides is 1. The molecule has 0 aromatic carbocycles. The minimum atomic E-state index is -1.38. The second-order valence-electron chi connectivity index (χ2n) is 3.04. The van der Waals surface area contributed by atoms with Gasteiger partial charge in [0.05, 0.1) is 6.67 Å². The van der Waals surface area contributed by atoms with Gasteiger partial charge in [-0.3, -0.25) is 4.39 Å². The first kappa shape index (κ1) is 8.46. The van der Waals surface area contributed by atoms with Crippen LogP contribution in [0.15, 0.2) is 0 Å². The topological polar surface area (TPSA) is 57.5 Å². The summed E-state index contributed by atoms with van der Waals surface area (Å²) in [6.45, 7) is -0.551. The molecule has 0 bridgehead atoms. The smallest absolute Gasteiger partial charge is 0.333 e. The number of halogens is 1. The van der Waals surface area contributed by atoms with Gasteiger partial charge in [-0.05, 0) is 19.3 Å². The third-order valence-corrected chi connectivity index (χ3v) is 2.30. The molecule has 1 rings (SSSR count). The Balaban J connectivity index is 2.50. The van der Waals surface area contributed by atoms with Crippen LogP contribution in [0.2, 0.25) is 0 Å². The Hall–Kier alpha value is -0.640. The van der Waals surface area contributed by atoms with Gasteiger partial charge >= 0.3 is 5.97 Å². The summed E-state index contributed by atoms with van der Waals surface area (Å²) in [6, 6.07) is 0. The number of carboxylic acids is 1. The minimum absolute atomic E-state index is 0.167. The lowest BCUT2D eigenvalue weighted by Gasteiger charge is -2.15. The van der Waals surface area contributed by atoms with E-state index in [4.69, 9.17) is 10.2 Å². The zero-order valence-corrected chi connectivity index (χ0v) is 6.09. The zero-order chi connectivity index (χ0) is 8.48. The van der Waals surface area contributed by atoms with Crippen LogP contribution in [0.5, 0.6) is 0 Å². The second-order valence-corrected chi connectivity index (χ2v) is 3.04. The molecule has 0 heterocycles. The summed E-state index contributed by atoms with van der Waals surface area (Å²) < 4.78 is 11.8. The first-order valence-corrected chi connectivity index (χ1v) is 3.59. The van der Waals surface area contributed by atoms with Crippen molar-refractivity contribution in [2.75, 3.05) is 6.67 Å². The highest BCUT2D eigenvalue weighted by Crippen LogP contribution is 2.51. The molecule has 1 aliphatic rings. The van der Waals surface area contributed by atoms with Gasteiger partial charge in [0.25, 0.3) is 0 Å². The lowest BCUT2D eigenvalue weighted by atomic mass is 9.96. The summed E-state index contributed by atoms with van der Waals surface area (Å²) >= 11 is 0. The molecule has 0 amide bonds. The van der Waals surface area contributed by atoms with Crippen LogP contribution in [0.1, 0.15) is 19.3 Å². The van der Waals surface area contributed by atoms with Crippen molar-refractivity contribution in [2.24, 2.45) is 5.41 Å². The summed E-state index contributed by atoms with van der Waals surface area (Å²) in [5.41, 5.74) is -0.638. The molecule has 1 unspecified atom stereocenters. The van der Waals surface area contributed by atoms with E-state index in [9.17, 15) is 9.18 Å². The fourth-order valence-corrected chi connectivity index (χ4v) is 1.27. The van der Waals surface area contributed by atoms with Gasteiger partial charge < -0.3 is 10.2 Å². The highest BCUT2D eigenvalue weighted by molar-refractivity contribution is 5.73. The van der Waals surface area contributed by atoms with Crippen LogP contribution in [0.4, 0.5) is 4.39 Å². The molecule has 1 aliphatic carbocycles. The van der Waals surface area contributed by atoms with Gasteiger partial charge in [-0.2, -0.15) is 0 Å². The van der Waals surface area contributed by atoms with Crippen molar-refractivity contribution in [3.8, 4) is 0 Å². The Morgan fingerprint density at radius 2 is 2.18 bits per heavy atom. The molecule has 1 fully saturated rings. The van der Waals surface area contributed by atoms with Gasteiger partial charge in [-0.1, -0.05) is 0 Å². The molecule has 0 spiro atoms. The maximum absolute atomic E-state index is 11.8. The van der Waals surface area contributed by atoms with Crippen LogP contribution in [0.3, 0.4) is 0 Å². The fourth-order valence-electron chi connectivity index (χ4n) is 1.27. The number of aliphatic hydroxyl groups excluding tert-OH is 1. The number of carboxylic acid groups (broad SMARTS) is 1. The Bertz CT molecular complexity index is 165. The number of hydrogen-bond donors (Lipinski definition) is 2. The molecular formula is C7H11FO3.